The lowest BCUT2D eigenvalue weighted by molar-refractivity contribution is 0.0694. The molecule has 0 atom stereocenters. The summed E-state index contributed by atoms with van der Waals surface area (Å²) in [5.74, 6) is -1.71. The van der Waals surface area contributed by atoms with Gasteiger partial charge in [0.1, 0.15) is 11.9 Å². The Kier molecular flexibility index (Phi) is 3.00. The van der Waals surface area contributed by atoms with E-state index in [1.165, 1.54) is 29.6 Å². The van der Waals surface area contributed by atoms with Gasteiger partial charge in [-0.3, -0.25) is 9.48 Å². The van der Waals surface area contributed by atoms with Crippen LogP contribution < -0.4 is 5.73 Å². The van der Waals surface area contributed by atoms with Gasteiger partial charge in [-0.05, 0) is 0 Å². The molecule has 8 nitrogen and oxygen atoms in total. The number of aromatic nitrogens is 4. The summed E-state index contributed by atoms with van der Waals surface area (Å²) >= 11 is 0. The monoisotopic (exact) mass is 247 g/mol. The standard InChI is InChI=1S/C10H9N5O3/c11-9(16)6-1-14-15(3-6)4-8-7(10(17)18)2-12-5-13-8/h1-3,5H,4H2,(H2,11,16)(H,17,18). The van der Waals surface area contributed by atoms with Gasteiger partial charge in [0.05, 0.1) is 24.0 Å². The Hall–Kier alpha value is -2.77. The van der Waals surface area contributed by atoms with Crippen molar-refractivity contribution in [3.63, 3.8) is 0 Å². The summed E-state index contributed by atoms with van der Waals surface area (Å²) in [6.07, 6.45) is 5.20. The molecule has 0 aliphatic rings. The molecule has 3 N–H and O–H groups in total. The second-order valence-electron chi connectivity index (χ2n) is 3.48. The van der Waals surface area contributed by atoms with Crippen LogP contribution in [0.1, 0.15) is 26.4 Å². The fourth-order valence-corrected chi connectivity index (χ4v) is 1.39. The molecule has 1 amide bonds. The van der Waals surface area contributed by atoms with Gasteiger partial charge in [-0.2, -0.15) is 5.10 Å². The van der Waals surface area contributed by atoms with Gasteiger partial charge in [0.25, 0.3) is 5.91 Å². The van der Waals surface area contributed by atoms with E-state index in [2.05, 4.69) is 15.1 Å². The smallest absolute Gasteiger partial charge is 0.339 e. The molecule has 0 saturated carbocycles. The number of rotatable bonds is 4. The lowest BCUT2D eigenvalue weighted by Gasteiger charge is -2.03. The summed E-state index contributed by atoms with van der Waals surface area (Å²) in [5, 5.41) is 12.8. The first kappa shape index (κ1) is 11.7. The molecule has 8 heteroatoms. The molecule has 2 aromatic rings. The Morgan fingerprint density at radius 1 is 1.39 bits per heavy atom. The highest BCUT2D eigenvalue weighted by atomic mass is 16.4. The lowest BCUT2D eigenvalue weighted by Crippen LogP contribution is -2.11. The Labute approximate surface area is 101 Å². The number of primary amides is 1. The predicted octanol–water partition coefficient (Wildman–Crippen LogP) is -0.482. The number of hydrogen-bond acceptors (Lipinski definition) is 5. The zero-order valence-corrected chi connectivity index (χ0v) is 9.15. The average molecular weight is 247 g/mol. The summed E-state index contributed by atoms with van der Waals surface area (Å²) in [6.45, 7) is 0.122. The maximum absolute atomic E-state index is 10.9. The minimum absolute atomic E-state index is 0.00590. The number of hydrogen-bond donors (Lipinski definition) is 2. The van der Waals surface area contributed by atoms with Crippen LogP contribution in [-0.2, 0) is 6.54 Å². The number of carboxylic acid groups (broad SMARTS) is 1. The fraction of sp³-hybridized carbons (Fsp3) is 0.100. The molecular weight excluding hydrogens is 238 g/mol. The van der Waals surface area contributed by atoms with Gasteiger partial charge in [-0.25, -0.2) is 14.8 Å². The molecular formula is C10H9N5O3. The van der Waals surface area contributed by atoms with Crippen molar-refractivity contribution in [2.45, 2.75) is 6.54 Å². The highest BCUT2D eigenvalue weighted by Crippen LogP contribution is 2.06. The fourth-order valence-electron chi connectivity index (χ4n) is 1.39. The van der Waals surface area contributed by atoms with Crippen molar-refractivity contribution in [1.29, 1.82) is 0 Å². The zero-order valence-electron chi connectivity index (χ0n) is 9.15. The topological polar surface area (TPSA) is 124 Å². The first-order valence-corrected chi connectivity index (χ1v) is 4.92. The molecule has 0 aromatic carbocycles. The van der Waals surface area contributed by atoms with E-state index in [-0.39, 0.29) is 17.7 Å². The molecule has 18 heavy (non-hydrogen) atoms. The van der Waals surface area contributed by atoms with Crippen LogP contribution in [0.25, 0.3) is 0 Å². The van der Waals surface area contributed by atoms with Crippen molar-refractivity contribution in [2.24, 2.45) is 5.73 Å². The Bertz CT molecular complexity index is 607. The maximum atomic E-state index is 10.9. The predicted molar refractivity (Wildman–Crippen MR) is 58.8 cm³/mol. The van der Waals surface area contributed by atoms with E-state index in [0.29, 0.717) is 5.69 Å². The Morgan fingerprint density at radius 2 is 2.17 bits per heavy atom. The Balaban J connectivity index is 2.28. The minimum atomic E-state index is -1.12. The molecule has 0 aliphatic carbocycles. The third-order valence-corrected chi connectivity index (χ3v) is 2.25. The SMILES string of the molecule is NC(=O)c1cnn(Cc2ncncc2C(=O)O)c1. The summed E-state index contributed by atoms with van der Waals surface area (Å²) in [7, 11) is 0. The molecule has 2 heterocycles. The molecule has 0 bridgehead atoms. The van der Waals surface area contributed by atoms with Gasteiger partial charge >= 0.3 is 5.97 Å². The molecule has 0 fully saturated rings. The number of amides is 1. The van der Waals surface area contributed by atoms with E-state index >= 15 is 0 Å². The van der Waals surface area contributed by atoms with E-state index in [0.717, 1.165) is 0 Å². The van der Waals surface area contributed by atoms with Crippen molar-refractivity contribution < 1.29 is 14.7 Å². The number of carboxylic acids is 1. The number of nitrogens with two attached hydrogens (primary N) is 1. The Morgan fingerprint density at radius 3 is 2.78 bits per heavy atom. The molecule has 2 aromatic heterocycles. The summed E-state index contributed by atoms with van der Waals surface area (Å²) in [5.41, 5.74) is 5.63. The molecule has 0 aliphatic heterocycles. The zero-order chi connectivity index (χ0) is 13.1. The minimum Gasteiger partial charge on any atom is -0.478 e. The number of carbonyl (C=O) groups excluding carboxylic acids is 1. The van der Waals surface area contributed by atoms with E-state index in [4.69, 9.17) is 10.8 Å². The van der Waals surface area contributed by atoms with Crippen molar-refractivity contribution in [3.05, 3.63) is 41.7 Å². The molecule has 92 valence electrons. The van der Waals surface area contributed by atoms with Crippen LogP contribution in [0.5, 0.6) is 0 Å². The number of nitrogens with zero attached hydrogens (tertiary/aromatic N) is 4. The third kappa shape index (κ3) is 2.32. The maximum Gasteiger partial charge on any atom is 0.339 e. The van der Waals surface area contributed by atoms with Gasteiger partial charge in [0.15, 0.2) is 0 Å². The summed E-state index contributed by atoms with van der Waals surface area (Å²) < 4.78 is 1.38. The quantitative estimate of drug-likeness (QED) is 0.751. The first-order valence-electron chi connectivity index (χ1n) is 4.92. The van der Waals surface area contributed by atoms with Gasteiger partial charge in [-0.1, -0.05) is 0 Å². The number of aromatic carboxylic acids is 1. The lowest BCUT2D eigenvalue weighted by atomic mass is 10.2. The van der Waals surface area contributed by atoms with Crippen LogP contribution in [0.2, 0.25) is 0 Å². The van der Waals surface area contributed by atoms with E-state index in [1.807, 2.05) is 0 Å². The summed E-state index contributed by atoms with van der Waals surface area (Å²) in [4.78, 5) is 29.4. The summed E-state index contributed by atoms with van der Waals surface area (Å²) in [6, 6.07) is 0. The first-order chi connectivity index (χ1) is 8.58. The second-order valence-corrected chi connectivity index (χ2v) is 3.48. The van der Waals surface area contributed by atoms with E-state index in [9.17, 15) is 9.59 Å². The van der Waals surface area contributed by atoms with Crippen LogP contribution in [0, 0.1) is 0 Å². The van der Waals surface area contributed by atoms with Gasteiger partial charge in [0.2, 0.25) is 0 Å². The van der Waals surface area contributed by atoms with Crippen molar-refractivity contribution in [3.8, 4) is 0 Å². The normalized spacial score (nSPS) is 10.2. The van der Waals surface area contributed by atoms with Gasteiger partial charge in [-0.15, -0.1) is 0 Å². The van der Waals surface area contributed by atoms with Crippen LogP contribution in [0.4, 0.5) is 0 Å². The molecule has 2 rings (SSSR count). The van der Waals surface area contributed by atoms with Crippen LogP contribution in [0.15, 0.2) is 24.9 Å². The van der Waals surface area contributed by atoms with Gasteiger partial charge < -0.3 is 10.8 Å². The van der Waals surface area contributed by atoms with Crippen molar-refractivity contribution >= 4 is 11.9 Å². The number of carbonyl (C=O) groups is 2. The molecule has 0 unspecified atom stereocenters. The second kappa shape index (κ2) is 4.62. The van der Waals surface area contributed by atoms with Gasteiger partial charge in [0, 0.05) is 12.4 Å². The van der Waals surface area contributed by atoms with E-state index < -0.39 is 11.9 Å². The van der Waals surface area contributed by atoms with Crippen LogP contribution >= 0.6 is 0 Å². The highest BCUT2D eigenvalue weighted by molar-refractivity contribution is 5.92. The molecule has 0 spiro atoms. The van der Waals surface area contributed by atoms with Crippen LogP contribution in [-0.4, -0.2) is 36.7 Å². The average Bonchev–Trinajstić information content (AvgIpc) is 2.78. The largest absolute Gasteiger partial charge is 0.478 e. The van der Waals surface area contributed by atoms with Crippen molar-refractivity contribution in [2.75, 3.05) is 0 Å². The highest BCUT2D eigenvalue weighted by Gasteiger charge is 2.12. The van der Waals surface area contributed by atoms with Crippen LogP contribution in [0.3, 0.4) is 0 Å². The van der Waals surface area contributed by atoms with E-state index in [1.54, 1.807) is 0 Å². The molecule has 0 saturated heterocycles. The third-order valence-electron chi connectivity index (χ3n) is 2.25. The molecule has 0 radical (unpaired) electrons. The van der Waals surface area contributed by atoms with Crippen molar-refractivity contribution in [1.82, 2.24) is 19.7 Å².